The Bertz CT molecular complexity index is 935. The van der Waals surface area contributed by atoms with Crippen LogP contribution in [0.15, 0.2) is 16.9 Å². The Morgan fingerprint density at radius 1 is 0.958 bits per heavy atom. The predicted octanol–water partition coefficient (Wildman–Crippen LogP) is 1.39. The smallest absolute Gasteiger partial charge is 0.268 e. The number of aromatic amines is 1. The molecule has 0 amide bonds. The van der Waals surface area contributed by atoms with Gasteiger partial charge in [0.15, 0.2) is 11.5 Å². The molecule has 8 heteroatoms. The van der Waals surface area contributed by atoms with Crippen molar-refractivity contribution in [3.8, 4) is 40.5 Å². The molecule has 1 heterocycles. The normalized spacial score (nSPS) is 9.71. The minimum absolute atomic E-state index is 0.0360. The van der Waals surface area contributed by atoms with Gasteiger partial charge >= 0.3 is 0 Å². The zero-order valence-electron chi connectivity index (χ0n) is 13.3. The van der Waals surface area contributed by atoms with Gasteiger partial charge in [0, 0.05) is 5.56 Å². The summed E-state index contributed by atoms with van der Waals surface area (Å²) in [5.74, 6) is 0.712. The molecule has 0 unspecified atom stereocenters. The van der Waals surface area contributed by atoms with Crippen LogP contribution in [0.2, 0.25) is 0 Å². The molecule has 1 aromatic heterocycles. The highest BCUT2D eigenvalue weighted by Gasteiger charge is 2.26. The van der Waals surface area contributed by atoms with Crippen molar-refractivity contribution in [2.24, 2.45) is 0 Å². The van der Waals surface area contributed by atoms with Gasteiger partial charge in [-0.3, -0.25) is 4.79 Å². The second-order valence-corrected chi connectivity index (χ2v) is 4.59. The van der Waals surface area contributed by atoms with Crippen LogP contribution in [0, 0.1) is 22.7 Å². The summed E-state index contributed by atoms with van der Waals surface area (Å²) in [6.07, 6.45) is 0. The molecule has 0 aliphatic heterocycles. The Balaban J connectivity index is 3.10. The number of anilines is 1. The molecule has 3 N–H and O–H groups in total. The van der Waals surface area contributed by atoms with Crippen LogP contribution in [0.5, 0.6) is 17.2 Å². The minimum Gasteiger partial charge on any atom is -0.496 e. The first-order valence-electron chi connectivity index (χ1n) is 6.69. The van der Waals surface area contributed by atoms with Gasteiger partial charge < -0.3 is 24.9 Å². The van der Waals surface area contributed by atoms with Crippen molar-refractivity contribution in [1.82, 2.24) is 4.98 Å². The van der Waals surface area contributed by atoms with Gasteiger partial charge in [0.25, 0.3) is 5.56 Å². The fourth-order valence-corrected chi connectivity index (χ4v) is 2.41. The number of methoxy groups -OCH3 is 3. The molecular formula is C16H14N4O4. The molecule has 2 aromatic rings. The highest BCUT2D eigenvalue weighted by molar-refractivity contribution is 5.88. The van der Waals surface area contributed by atoms with Crippen LogP contribution < -0.4 is 25.5 Å². The maximum atomic E-state index is 12.1. The fraction of sp³-hybridized carbons (Fsp3) is 0.188. The third-order valence-electron chi connectivity index (χ3n) is 3.45. The Morgan fingerprint density at radius 3 is 2.04 bits per heavy atom. The van der Waals surface area contributed by atoms with Gasteiger partial charge in [0.2, 0.25) is 0 Å². The molecule has 0 radical (unpaired) electrons. The van der Waals surface area contributed by atoms with E-state index in [1.807, 2.05) is 6.07 Å². The highest BCUT2D eigenvalue weighted by Crippen LogP contribution is 2.46. The summed E-state index contributed by atoms with van der Waals surface area (Å²) < 4.78 is 15.9. The first-order chi connectivity index (χ1) is 11.5. The summed E-state index contributed by atoms with van der Waals surface area (Å²) in [5, 5.41) is 18.8. The second-order valence-electron chi connectivity index (χ2n) is 4.59. The second kappa shape index (κ2) is 6.63. The van der Waals surface area contributed by atoms with E-state index in [2.05, 4.69) is 4.98 Å². The summed E-state index contributed by atoms with van der Waals surface area (Å²) in [5.41, 5.74) is 4.98. The van der Waals surface area contributed by atoms with Crippen LogP contribution in [0.1, 0.15) is 11.1 Å². The quantitative estimate of drug-likeness (QED) is 0.867. The van der Waals surface area contributed by atoms with Gasteiger partial charge in [-0.15, -0.1) is 0 Å². The maximum absolute atomic E-state index is 12.1. The van der Waals surface area contributed by atoms with Crippen LogP contribution in [0.3, 0.4) is 0 Å². The third-order valence-corrected chi connectivity index (χ3v) is 3.45. The molecule has 0 aliphatic rings. The molecule has 1 aromatic carbocycles. The van der Waals surface area contributed by atoms with Gasteiger partial charge in [0.1, 0.15) is 34.8 Å². The summed E-state index contributed by atoms with van der Waals surface area (Å²) in [6.45, 7) is 0. The van der Waals surface area contributed by atoms with Gasteiger partial charge in [-0.1, -0.05) is 0 Å². The lowest BCUT2D eigenvalue weighted by Gasteiger charge is -2.18. The number of nitrogens with zero attached hydrogens (tertiary/aromatic N) is 2. The average molecular weight is 326 g/mol. The molecular weight excluding hydrogens is 312 g/mol. The van der Waals surface area contributed by atoms with E-state index in [4.69, 9.17) is 19.9 Å². The standard InChI is InChI=1S/C16H14N4O4/c1-22-10-4-5-11(23-2)14(24-3)13(10)12-8(6-17)15(19)20-16(21)9(12)7-18/h4-5H,1-3H3,(H3,19,20,21). The van der Waals surface area contributed by atoms with E-state index in [9.17, 15) is 15.3 Å². The van der Waals surface area contributed by atoms with E-state index in [0.29, 0.717) is 11.5 Å². The number of aromatic nitrogens is 1. The number of pyridine rings is 1. The topological polar surface area (TPSA) is 134 Å². The molecule has 0 saturated carbocycles. The average Bonchev–Trinajstić information content (AvgIpc) is 2.59. The Hall–Kier alpha value is -3.65. The number of hydrogen-bond donors (Lipinski definition) is 2. The van der Waals surface area contributed by atoms with E-state index in [1.54, 1.807) is 18.2 Å². The molecule has 8 nitrogen and oxygen atoms in total. The van der Waals surface area contributed by atoms with Crippen molar-refractivity contribution < 1.29 is 14.2 Å². The molecule has 122 valence electrons. The summed E-state index contributed by atoms with van der Waals surface area (Å²) in [7, 11) is 4.26. The Labute approximate surface area is 137 Å². The monoisotopic (exact) mass is 326 g/mol. The molecule has 0 spiro atoms. The Kier molecular flexibility index (Phi) is 4.62. The number of rotatable bonds is 4. The van der Waals surface area contributed by atoms with Crippen molar-refractivity contribution in [1.29, 1.82) is 10.5 Å². The zero-order chi connectivity index (χ0) is 17.9. The number of hydrogen-bond acceptors (Lipinski definition) is 7. The van der Waals surface area contributed by atoms with Crippen molar-refractivity contribution in [2.45, 2.75) is 0 Å². The Morgan fingerprint density at radius 2 is 1.54 bits per heavy atom. The fourth-order valence-electron chi connectivity index (χ4n) is 2.41. The summed E-state index contributed by atoms with van der Waals surface area (Å²) in [6, 6.07) is 6.89. The number of nitrogens with one attached hydrogen (secondary N) is 1. The van der Waals surface area contributed by atoms with Crippen molar-refractivity contribution in [3.63, 3.8) is 0 Å². The van der Waals surface area contributed by atoms with Crippen LogP contribution in [-0.4, -0.2) is 26.3 Å². The summed E-state index contributed by atoms with van der Waals surface area (Å²) >= 11 is 0. The predicted molar refractivity (Wildman–Crippen MR) is 86.0 cm³/mol. The SMILES string of the molecule is COc1ccc(OC)c(-c2c(C#N)c(N)[nH]c(=O)c2C#N)c1OC. The van der Waals surface area contributed by atoms with Crippen LogP contribution >= 0.6 is 0 Å². The number of ether oxygens (including phenoxy) is 3. The van der Waals surface area contributed by atoms with Crippen molar-refractivity contribution >= 4 is 5.82 Å². The maximum Gasteiger partial charge on any atom is 0.268 e. The highest BCUT2D eigenvalue weighted by atomic mass is 16.5. The number of nitrogens with two attached hydrogens (primary N) is 1. The van der Waals surface area contributed by atoms with Crippen LogP contribution in [0.25, 0.3) is 11.1 Å². The molecule has 24 heavy (non-hydrogen) atoms. The molecule has 2 rings (SSSR count). The van der Waals surface area contributed by atoms with E-state index >= 15 is 0 Å². The lowest BCUT2D eigenvalue weighted by Crippen LogP contribution is -2.16. The van der Waals surface area contributed by atoms with Crippen molar-refractivity contribution in [3.05, 3.63) is 33.6 Å². The van der Waals surface area contributed by atoms with Crippen LogP contribution in [0.4, 0.5) is 5.82 Å². The molecule has 0 saturated heterocycles. The van der Waals surface area contributed by atoms with Crippen LogP contribution in [-0.2, 0) is 0 Å². The van der Waals surface area contributed by atoms with Gasteiger partial charge in [0.05, 0.1) is 26.9 Å². The number of nitrogen functional groups attached to an aromatic ring is 1. The minimum atomic E-state index is -0.712. The molecule has 0 bridgehead atoms. The molecule has 0 aliphatic carbocycles. The van der Waals surface area contributed by atoms with E-state index in [0.717, 1.165) is 0 Å². The van der Waals surface area contributed by atoms with E-state index in [1.165, 1.54) is 21.3 Å². The number of H-pyrrole nitrogens is 1. The van der Waals surface area contributed by atoms with E-state index < -0.39 is 5.56 Å². The van der Waals surface area contributed by atoms with Gasteiger partial charge in [-0.05, 0) is 12.1 Å². The molecule has 0 fully saturated rings. The number of nitriles is 2. The summed E-state index contributed by atoms with van der Waals surface area (Å²) in [4.78, 5) is 14.4. The van der Waals surface area contributed by atoms with Crippen molar-refractivity contribution in [2.75, 3.05) is 27.1 Å². The largest absolute Gasteiger partial charge is 0.496 e. The lowest BCUT2D eigenvalue weighted by atomic mass is 9.94. The van der Waals surface area contributed by atoms with Gasteiger partial charge in [-0.2, -0.15) is 10.5 Å². The van der Waals surface area contributed by atoms with Gasteiger partial charge in [-0.25, -0.2) is 0 Å². The zero-order valence-corrected chi connectivity index (χ0v) is 13.3. The third kappa shape index (κ3) is 2.46. The first-order valence-corrected chi connectivity index (χ1v) is 6.69. The first kappa shape index (κ1) is 16.7. The lowest BCUT2D eigenvalue weighted by molar-refractivity contribution is 0.351. The molecule has 0 atom stereocenters. The van der Waals surface area contributed by atoms with E-state index in [-0.39, 0.29) is 33.8 Å². The number of benzene rings is 1.